The summed E-state index contributed by atoms with van der Waals surface area (Å²) in [5.74, 6) is 0.391. The first-order chi connectivity index (χ1) is 7.97. The Bertz CT molecular complexity index is 566. The van der Waals surface area contributed by atoms with Crippen LogP contribution in [0.2, 0.25) is 0 Å². The topological polar surface area (TPSA) is 70.0 Å². The first-order valence-corrected chi connectivity index (χ1v) is 6.69. The molecule has 0 fully saturated rings. The number of aliphatic hydroxyl groups excluding tert-OH is 1. The van der Waals surface area contributed by atoms with Gasteiger partial charge in [-0.1, -0.05) is 12.1 Å². The number of aliphatic hydroxyl groups is 1. The quantitative estimate of drug-likeness (QED) is 0.832. The average molecular weight is 254 g/mol. The van der Waals surface area contributed by atoms with Gasteiger partial charge in [0.25, 0.3) is 10.0 Å². The zero-order valence-electron chi connectivity index (χ0n) is 9.66. The van der Waals surface area contributed by atoms with Crippen LogP contribution in [-0.4, -0.2) is 44.0 Å². The number of rotatable bonds is 2. The summed E-state index contributed by atoms with van der Waals surface area (Å²) >= 11 is 0. The second-order valence-corrected chi connectivity index (χ2v) is 5.60. The van der Waals surface area contributed by atoms with Crippen molar-refractivity contribution in [3.63, 3.8) is 0 Å². The van der Waals surface area contributed by atoms with Crippen LogP contribution in [-0.2, 0) is 10.0 Å². The second kappa shape index (κ2) is 4.12. The van der Waals surface area contributed by atoms with Gasteiger partial charge in [0.15, 0.2) is 5.84 Å². The Labute approximate surface area is 100 Å². The van der Waals surface area contributed by atoms with Crippen LogP contribution in [0.25, 0.3) is 0 Å². The molecule has 0 aromatic heterocycles. The minimum atomic E-state index is -3.58. The van der Waals surface area contributed by atoms with Crippen molar-refractivity contribution in [1.29, 1.82) is 0 Å². The Morgan fingerprint density at radius 3 is 2.71 bits per heavy atom. The van der Waals surface area contributed by atoms with Crippen LogP contribution < -0.4 is 0 Å². The van der Waals surface area contributed by atoms with Gasteiger partial charge in [0.2, 0.25) is 0 Å². The van der Waals surface area contributed by atoms with E-state index in [1.165, 1.54) is 0 Å². The summed E-state index contributed by atoms with van der Waals surface area (Å²) in [6.45, 7) is 1.74. The van der Waals surface area contributed by atoms with Crippen LogP contribution in [0.4, 0.5) is 0 Å². The van der Waals surface area contributed by atoms with Gasteiger partial charge in [0.1, 0.15) is 4.90 Å². The molecule has 1 aliphatic heterocycles. The minimum Gasteiger partial charge on any atom is -0.394 e. The monoisotopic (exact) mass is 254 g/mol. The van der Waals surface area contributed by atoms with E-state index in [0.717, 1.165) is 0 Å². The highest BCUT2D eigenvalue weighted by atomic mass is 32.2. The molecule has 0 radical (unpaired) electrons. The molecule has 0 amide bonds. The number of amidine groups is 1. The third-order valence-corrected chi connectivity index (χ3v) is 4.20. The van der Waals surface area contributed by atoms with E-state index in [9.17, 15) is 8.42 Å². The van der Waals surface area contributed by atoms with E-state index < -0.39 is 10.0 Å². The SMILES string of the molecule is CC(CO)N(C)C1=NS(=O)(=O)c2ccccc21. The van der Waals surface area contributed by atoms with Crippen molar-refractivity contribution in [1.82, 2.24) is 4.90 Å². The summed E-state index contributed by atoms with van der Waals surface area (Å²) in [5.41, 5.74) is 0.593. The van der Waals surface area contributed by atoms with Crippen molar-refractivity contribution in [3.05, 3.63) is 29.8 Å². The molecule has 1 atom stereocenters. The van der Waals surface area contributed by atoms with Crippen LogP contribution in [0.5, 0.6) is 0 Å². The number of likely N-dealkylation sites (N-methyl/N-ethyl adjacent to an activating group) is 1. The Morgan fingerprint density at radius 1 is 1.41 bits per heavy atom. The summed E-state index contributed by atoms with van der Waals surface area (Å²) < 4.78 is 27.4. The third-order valence-electron chi connectivity index (χ3n) is 2.87. The van der Waals surface area contributed by atoms with Crippen molar-refractivity contribution in [2.24, 2.45) is 4.40 Å². The Hall–Kier alpha value is -1.40. The Kier molecular flexibility index (Phi) is 2.92. The summed E-state index contributed by atoms with van der Waals surface area (Å²) in [6.07, 6.45) is 0. The fourth-order valence-corrected chi connectivity index (χ4v) is 2.92. The Morgan fingerprint density at radius 2 is 2.06 bits per heavy atom. The lowest BCUT2D eigenvalue weighted by Crippen LogP contribution is -2.37. The molecule has 1 aliphatic rings. The van der Waals surface area contributed by atoms with E-state index in [4.69, 9.17) is 5.11 Å². The smallest absolute Gasteiger partial charge is 0.285 e. The highest BCUT2D eigenvalue weighted by Gasteiger charge is 2.31. The molecule has 0 spiro atoms. The summed E-state index contributed by atoms with van der Waals surface area (Å²) in [5, 5.41) is 9.10. The highest BCUT2D eigenvalue weighted by Crippen LogP contribution is 2.27. The predicted molar refractivity (Wildman–Crippen MR) is 64.5 cm³/mol. The summed E-state index contributed by atoms with van der Waals surface area (Å²) in [6, 6.07) is 6.52. The van der Waals surface area contributed by atoms with Gasteiger partial charge in [-0.2, -0.15) is 8.42 Å². The second-order valence-electron chi connectivity index (χ2n) is 4.03. The van der Waals surface area contributed by atoms with Crippen LogP contribution in [0, 0.1) is 0 Å². The number of hydrogen-bond donors (Lipinski definition) is 1. The van der Waals surface area contributed by atoms with Gasteiger partial charge in [-0.3, -0.25) is 0 Å². The van der Waals surface area contributed by atoms with E-state index in [1.54, 1.807) is 43.1 Å². The molecule has 6 heteroatoms. The molecule has 0 saturated carbocycles. The highest BCUT2D eigenvalue weighted by molar-refractivity contribution is 7.90. The fourth-order valence-electron chi connectivity index (χ4n) is 1.67. The zero-order valence-corrected chi connectivity index (χ0v) is 10.5. The van der Waals surface area contributed by atoms with E-state index in [1.807, 2.05) is 0 Å². The molecule has 0 bridgehead atoms. The van der Waals surface area contributed by atoms with Crippen molar-refractivity contribution < 1.29 is 13.5 Å². The number of sulfonamides is 1. The van der Waals surface area contributed by atoms with Gasteiger partial charge in [-0.25, -0.2) is 0 Å². The molecule has 0 aliphatic carbocycles. The largest absolute Gasteiger partial charge is 0.394 e. The standard InChI is InChI=1S/C11H14N2O3S/c1-8(7-14)13(2)11-9-5-3-4-6-10(9)17(15,16)12-11/h3-6,8,14H,7H2,1-2H3. The molecule has 92 valence electrons. The normalized spacial score (nSPS) is 18.4. The van der Waals surface area contributed by atoms with Gasteiger partial charge in [0.05, 0.1) is 12.6 Å². The number of fused-ring (bicyclic) bond motifs is 1. The van der Waals surface area contributed by atoms with Crippen LogP contribution >= 0.6 is 0 Å². The molecule has 17 heavy (non-hydrogen) atoms. The molecule has 5 nitrogen and oxygen atoms in total. The summed E-state index contributed by atoms with van der Waals surface area (Å²) in [7, 11) is -1.86. The predicted octanol–water partition coefficient (Wildman–Crippen LogP) is 0.448. The van der Waals surface area contributed by atoms with Gasteiger partial charge in [0, 0.05) is 12.6 Å². The van der Waals surface area contributed by atoms with E-state index >= 15 is 0 Å². The molecule has 1 N–H and O–H groups in total. The van der Waals surface area contributed by atoms with Crippen molar-refractivity contribution >= 4 is 15.9 Å². The lowest BCUT2D eigenvalue weighted by atomic mass is 10.1. The molecule has 0 saturated heterocycles. The number of nitrogens with zero attached hydrogens (tertiary/aromatic N) is 2. The van der Waals surface area contributed by atoms with Crippen LogP contribution in [0.3, 0.4) is 0 Å². The first kappa shape index (κ1) is 12.1. The average Bonchev–Trinajstić information content (AvgIpc) is 2.60. The maximum absolute atomic E-state index is 11.8. The van der Waals surface area contributed by atoms with E-state index in [0.29, 0.717) is 11.4 Å². The zero-order chi connectivity index (χ0) is 12.6. The molecule has 2 rings (SSSR count). The minimum absolute atomic E-state index is 0.0578. The van der Waals surface area contributed by atoms with Gasteiger partial charge >= 0.3 is 0 Å². The van der Waals surface area contributed by atoms with Crippen molar-refractivity contribution in [2.75, 3.05) is 13.7 Å². The summed E-state index contributed by atoms with van der Waals surface area (Å²) in [4.78, 5) is 1.90. The van der Waals surface area contributed by atoms with E-state index in [2.05, 4.69) is 4.40 Å². The lowest BCUT2D eigenvalue weighted by molar-refractivity contribution is 0.209. The van der Waals surface area contributed by atoms with Crippen LogP contribution in [0.1, 0.15) is 12.5 Å². The maximum Gasteiger partial charge on any atom is 0.285 e. The van der Waals surface area contributed by atoms with Gasteiger partial charge < -0.3 is 10.0 Å². The van der Waals surface area contributed by atoms with Gasteiger partial charge in [-0.15, -0.1) is 4.40 Å². The number of hydrogen-bond acceptors (Lipinski definition) is 4. The maximum atomic E-state index is 11.8. The Balaban J connectivity index is 2.52. The fraction of sp³-hybridized carbons (Fsp3) is 0.364. The molecular formula is C11H14N2O3S. The van der Waals surface area contributed by atoms with Crippen molar-refractivity contribution in [3.8, 4) is 0 Å². The molecular weight excluding hydrogens is 240 g/mol. The molecule has 1 unspecified atom stereocenters. The third kappa shape index (κ3) is 1.94. The first-order valence-electron chi connectivity index (χ1n) is 5.25. The molecule has 1 aromatic rings. The lowest BCUT2D eigenvalue weighted by Gasteiger charge is -2.24. The van der Waals surface area contributed by atoms with Crippen molar-refractivity contribution in [2.45, 2.75) is 17.9 Å². The molecule has 1 aromatic carbocycles. The van der Waals surface area contributed by atoms with Crippen LogP contribution in [0.15, 0.2) is 33.6 Å². The molecule has 1 heterocycles. The van der Waals surface area contributed by atoms with E-state index in [-0.39, 0.29) is 17.5 Å². The van der Waals surface area contributed by atoms with Gasteiger partial charge in [-0.05, 0) is 19.1 Å². The number of benzene rings is 1.